The molecule has 7 aromatic carbocycles. The van der Waals surface area contributed by atoms with Gasteiger partial charge in [-0.3, -0.25) is 0 Å². The maximum atomic E-state index is 15.9. The molecule has 0 aliphatic heterocycles. The molecule has 286 valence electrons. The normalized spacial score (nSPS) is 12.0. The molecule has 0 heterocycles. The summed E-state index contributed by atoms with van der Waals surface area (Å²) in [6.45, 7) is 11.6. The van der Waals surface area contributed by atoms with Crippen LogP contribution in [0, 0.1) is 13.8 Å². The number of halogens is 6. The lowest BCUT2D eigenvalue weighted by molar-refractivity contribution is -0.288. The van der Waals surface area contributed by atoms with Crippen LogP contribution in [-0.4, -0.2) is 12.4 Å². The topological polar surface area (TPSA) is 6.48 Å². The first kappa shape index (κ1) is 38.7. The summed E-state index contributed by atoms with van der Waals surface area (Å²) in [5.74, 6) is 0. The standard InChI is InChI=1S/C49H38F6N2/c1-5-35-14-9-21-45(43(35)6-2)56(39-27-23-33(3)24-28-39)41-18-11-16-37(31-41)47(48(50,51)52,49(53,54)55)38-17-12-19-42(32-38)57(40-29-25-34(4)26-30-40)46-22-10-15-36-13-7-8-20-44(36)46/h5-32H,1-2H2,3-4H3. The second-order valence-corrected chi connectivity index (χ2v) is 13.9. The first-order chi connectivity index (χ1) is 27.3. The van der Waals surface area contributed by atoms with Gasteiger partial charge in [-0.15, -0.1) is 0 Å². The zero-order valence-electron chi connectivity index (χ0n) is 31.2. The largest absolute Gasteiger partial charge is 0.411 e. The van der Waals surface area contributed by atoms with Crippen molar-refractivity contribution in [3.8, 4) is 0 Å². The van der Waals surface area contributed by atoms with E-state index in [-0.39, 0.29) is 11.4 Å². The highest BCUT2D eigenvalue weighted by Crippen LogP contribution is 2.58. The van der Waals surface area contributed by atoms with Crippen molar-refractivity contribution in [3.05, 3.63) is 204 Å². The van der Waals surface area contributed by atoms with E-state index in [1.165, 1.54) is 24.3 Å². The van der Waals surface area contributed by atoms with E-state index in [0.717, 1.165) is 46.2 Å². The highest BCUT2D eigenvalue weighted by atomic mass is 19.4. The van der Waals surface area contributed by atoms with Gasteiger partial charge in [0.05, 0.1) is 11.4 Å². The van der Waals surface area contributed by atoms with Crippen molar-refractivity contribution >= 4 is 57.0 Å². The van der Waals surface area contributed by atoms with Gasteiger partial charge < -0.3 is 9.80 Å². The van der Waals surface area contributed by atoms with Gasteiger partial charge in [0.25, 0.3) is 0 Å². The summed E-state index contributed by atoms with van der Waals surface area (Å²) in [5.41, 5.74) is -0.843. The van der Waals surface area contributed by atoms with Gasteiger partial charge >= 0.3 is 12.4 Å². The fourth-order valence-corrected chi connectivity index (χ4v) is 7.55. The SMILES string of the molecule is C=Cc1cccc(N(c2ccc(C)cc2)c2cccc(C(c3cccc(N(c4ccc(C)cc4)c4cccc5ccccc45)c3)(C(F)(F)F)C(F)(F)F)c2)c1C=C. The molecule has 0 aromatic heterocycles. The maximum absolute atomic E-state index is 15.9. The second kappa shape index (κ2) is 15.2. The lowest BCUT2D eigenvalue weighted by atomic mass is 9.72. The van der Waals surface area contributed by atoms with E-state index in [2.05, 4.69) is 13.2 Å². The predicted molar refractivity (Wildman–Crippen MR) is 222 cm³/mol. The summed E-state index contributed by atoms with van der Waals surface area (Å²) in [7, 11) is 0. The highest BCUT2D eigenvalue weighted by molar-refractivity contribution is 5.99. The fraction of sp³-hybridized carbons (Fsp3) is 0.102. The quantitative estimate of drug-likeness (QED) is 0.128. The number of alkyl halides is 6. The van der Waals surface area contributed by atoms with Gasteiger partial charge in [0, 0.05) is 33.7 Å². The maximum Gasteiger partial charge on any atom is 0.411 e. The Kier molecular flexibility index (Phi) is 10.3. The Morgan fingerprint density at radius 2 is 0.912 bits per heavy atom. The van der Waals surface area contributed by atoms with Crippen molar-refractivity contribution in [2.24, 2.45) is 0 Å². The van der Waals surface area contributed by atoms with Crippen LogP contribution in [0.1, 0.15) is 33.4 Å². The Hall–Kier alpha value is -6.54. The molecule has 0 aliphatic rings. The summed E-state index contributed by atoms with van der Waals surface area (Å²) in [6.07, 6.45) is -8.46. The minimum absolute atomic E-state index is 0.0896. The molecule has 0 radical (unpaired) electrons. The Labute approximate surface area is 328 Å². The Balaban J connectivity index is 1.49. The van der Waals surface area contributed by atoms with Crippen LogP contribution < -0.4 is 9.80 Å². The molecule has 0 fully saturated rings. The summed E-state index contributed by atoms with van der Waals surface area (Å²) < 4.78 is 95.7. The molecule has 7 aromatic rings. The number of benzene rings is 7. The number of hydrogen-bond acceptors (Lipinski definition) is 2. The smallest absolute Gasteiger partial charge is 0.310 e. The molecule has 0 bridgehead atoms. The van der Waals surface area contributed by atoms with Gasteiger partial charge in [-0.2, -0.15) is 26.3 Å². The summed E-state index contributed by atoms with van der Waals surface area (Å²) >= 11 is 0. The van der Waals surface area contributed by atoms with Crippen LogP contribution in [0.2, 0.25) is 0 Å². The average Bonchev–Trinajstić information content (AvgIpc) is 3.19. The van der Waals surface area contributed by atoms with Gasteiger partial charge in [-0.25, -0.2) is 0 Å². The van der Waals surface area contributed by atoms with Crippen LogP contribution >= 0.6 is 0 Å². The number of fused-ring (bicyclic) bond motifs is 1. The lowest BCUT2D eigenvalue weighted by Gasteiger charge is -2.39. The van der Waals surface area contributed by atoms with E-state index in [0.29, 0.717) is 33.9 Å². The Bertz CT molecular complexity index is 2550. The number of rotatable bonds is 10. The van der Waals surface area contributed by atoms with Crippen molar-refractivity contribution in [2.75, 3.05) is 9.80 Å². The molecular weight excluding hydrogens is 731 g/mol. The summed E-state index contributed by atoms with van der Waals surface area (Å²) in [6, 6.07) is 42.1. The van der Waals surface area contributed by atoms with Crippen molar-refractivity contribution in [3.63, 3.8) is 0 Å². The van der Waals surface area contributed by atoms with Crippen LogP contribution in [-0.2, 0) is 5.41 Å². The van der Waals surface area contributed by atoms with Gasteiger partial charge in [0.15, 0.2) is 0 Å². The first-order valence-corrected chi connectivity index (χ1v) is 18.2. The van der Waals surface area contributed by atoms with E-state index < -0.39 is 28.9 Å². The molecule has 0 saturated heterocycles. The molecule has 0 unspecified atom stereocenters. The van der Waals surface area contributed by atoms with Crippen LogP contribution in [0.3, 0.4) is 0 Å². The van der Waals surface area contributed by atoms with Crippen LogP contribution in [0.25, 0.3) is 22.9 Å². The molecule has 2 nitrogen and oxygen atoms in total. The van der Waals surface area contributed by atoms with E-state index in [9.17, 15) is 0 Å². The van der Waals surface area contributed by atoms with Crippen molar-refractivity contribution in [1.82, 2.24) is 0 Å². The molecule has 0 aliphatic carbocycles. The van der Waals surface area contributed by atoms with E-state index >= 15 is 26.3 Å². The Morgan fingerprint density at radius 1 is 0.456 bits per heavy atom. The molecule has 8 heteroatoms. The number of aryl methyl sites for hydroxylation is 2. The van der Waals surface area contributed by atoms with E-state index in [1.807, 2.05) is 74.5 Å². The fourth-order valence-electron chi connectivity index (χ4n) is 7.55. The van der Waals surface area contributed by atoms with Crippen molar-refractivity contribution in [1.29, 1.82) is 0 Å². The number of hydrogen-bond donors (Lipinski definition) is 0. The van der Waals surface area contributed by atoms with Gasteiger partial charge in [-0.1, -0.05) is 133 Å². The average molecular weight is 769 g/mol. The minimum atomic E-state index is -5.83. The molecular formula is C49H38F6N2. The predicted octanol–water partition coefficient (Wildman–Crippen LogP) is 15.1. The molecule has 7 rings (SSSR count). The van der Waals surface area contributed by atoms with Gasteiger partial charge in [0.2, 0.25) is 5.41 Å². The third kappa shape index (κ3) is 6.97. The third-order valence-corrected chi connectivity index (χ3v) is 10.3. The number of nitrogens with zero attached hydrogens (tertiary/aromatic N) is 2. The van der Waals surface area contributed by atoms with Crippen LogP contribution in [0.15, 0.2) is 171 Å². The first-order valence-electron chi connectivity index (χ1n) is 18.2. The molecule has 57 heavy (non-hydrogen) atoms. The summed E-state index contributed by atoms with van der Waals surface area (Å²) in [5, 5.41) is 1.63. The zero-order valence-corrected chi connectivity index (χ0v) is 31.2. The van der Waals surface area contributed by atoms with Crippen molar-refractivity contribution in [2.45, 2.75) is 31.6 Å². The summed E-state index contributed by atoms with van der Waals surface area (Å²) in [4.78, 5) is 3.34. The minimum Gasteiger partial charge on any atom is -0.310 e. The molecule has 0 saturated carbocycles. The van der Waals surface area contributed by atoms with Gasteiger partial charge in [-0.05, 0) is 96.6 Å². The third-order valence-electron chi connectivity index (χ3n) is 10.3. The Morgan fingerprint density at radius 3 is 1.42 bits per heavy atom. The number of anilines is 6. The lowest BCUT2D eigenvalue weighted by Crippen LogP contribution is -2.54. The van der Waals surface area contributed by atoms with Crippen LogP contribution in [0.4, 0.5) is 60.5 Å². The van der Waals surface area contributed by atoms with Crippen molar-refractivity contribution < 1.29 is 26.3 Å². The van der Waals surface area contributed by atoms with E-state index in [4.69, 9.17) is 0 Å². The molecule has 0 N–H and O–H groups in total. The van der Waals surface area contributed by atoms with Crippen LogP contribution in [0.5, 0.6) is 0 Å². The molecule has 0 spiro atoms. The van der Waals surface area contributed by atoms with E-state index in [1.54, 1.807) is 70.5 Å². The monoisotopic (exact) mass is 768 g/mol. The second-order valence-electron chi connectivity index (χ2n) is 13.9. The zero-order chi connectivity index (χ0) is 40.5. The molecule has 0 atom stereocenters. The highest BCUT2D eigenvalue weighted by Gasteiger charge is 2.72. The van der Waals surface area contributed by atoms with Gasteiger partial charge in [0.1, 0.15) is 0 Å². The molecule has 0 amide bonds.